The van der Waals surface area contributed by atoms with E-state index >= 15 is 0 Å². The molecule has 10 heteroatoms. The molecular weight excluding hydrogens is 308 g/mol. The molecule has 2 aromatic heterocycles. The fourth-order valence-electron chi connectivity index (χ4n) is 2.18. The molecule has 3 rings (SSSR count). The summed E-state index contributed by atoms with van der Waals surface area (Å²) in [6.07, 6.45) is 4.85. The molecule has 1 aliphatic heterocycles. The van der Waals surface area contributed by atoms with Crippen molar-refractivity contribution in [1.82, 2.24) is 25.1 Å². The summed E-state index contributed by atoms with van der Waals surface area (Å²) in [5, 5.41) is 9.20. The fourth-order valence-corrected chi connectivity index (χ4v) is 3.86. The van der Waals surface area contributed by atoms with Crippen LogP contribution in [0.25, 0.3) is 5.82 Å². The molecule has 1 atom stereocenters. The molecule has 0 unspecified atom stereocenters. The normalized spacial score (nSPS) is 19.7. The molecule has 9 nitrogen and oxygen atoms in total. The van der Waals surface area contributed by atoms with Gasteiger partial charge in [-0.05, 0) is 18.6 Å². The van der Waals surface area contributed by atoms with Gasteiger partial charge < -0.3 is 10.6 Å². The van der Waals surface area contributed by atoms with Crippen LogP contribution in [0.4, 0.5) is 10.5 Å². The molecule has 2 amide bonds. The molecule has 0 spiro atoms. The molecule has 116 valence electrons. The van der Waals surface area contributed by atoms with Gasteiger partial charge in [-0.3, -0.25) is 0 Å². The Balaban J connectivity index is 1.58. The van der Waals surface area contributed by atoms with Crippen LogP contribution in [0.15, 0.2) is 31.0 Å². The zero-order valence-electron chi connectivity index (χ0n) is 11.5. The van der Waals surface area contributed by atoms with Crippen molar-refractivity contribution in [2.45, 2.75) is 12.5 Å². The summed E-state index contributed by atoms with van der Waals surface area (Å²) in [6, 6.07) is 2.57. The van der Waals surface area contributed by atoms with Crippen LogP contribution in [0, 0.1) is 0 Å². The van der Waals surface area contributed by atoms with Gasteiger partial charge in [0.05, 0.1) is 23.4 Å². The van der Waals surface area contributed by atoms with Crippen LogP contribution >= 0.6 is 0 Å². The number of sulfone groups is 1. The second kappa shape index (κ2) is 5.72. The molecule has 1 saturated heterocycles. The fraction of sp³-hybridized carbons (Fsp3) is 0.333. The number of aromatic nitrogens is 4. The smallest absolute Gasteiger partial charge is 0.319 e. The average Bonchev–Trinajstić information content (AvgIpc) is 3.09. The van der Waals surface area contributed by atoms with E-state index in [4.69, 9.17) is 0 Å². The zero-order valence-corrected chi connectivity index (χ0v) is 12.3. The van der Waals surface area contributed by atoms with Gasteiger partial charge in [-0.2, -0.15) is 5.10 Å². The lowest BCUT2D eigenvalue weighted by Crippen LogP contribution is -2.38. The Hall–Kier alpha value is -2.49. The molecule has 0 radical (unpaired) electrons. The van der Waals surface area contributed by atoms with Crippen molar-refractivity contribution in [3.63, 3.8) is 0 Å². The highest BCUT2D eigenvalue weighted by Crippen LogP contribution is 2.12. The number of amides is 2. The summed E-state index contributed by atoms with van der Waals surface area (Å²) in [5.41, 5.74) is 0.502. The van der Waals surface area contributed by atoms with Gasteiger partial charge in [-0.25, -0.2) is 27.9 Å². The summed E-state index contributed by atoms with van der Waals surface area (Å²) in [7, 11) is -3.02. The molecule has 22 heavy (non-hydrogen) atoms. The highest BCUT2D eigenvalue weighted by Gasteiger charge is 2.28. The Morgan fingerprint density at radius 3 is 2.82 bits per heavy atom. The predicted molar refractivity (Wildman–Crippen MR) is 78.4 cm³/mol. The van der Waals surface area contributed by atoms with Crippen molar-refractivity contribution in [2.24, 2.45) is 0 Å². The number of pyridine rings is 1. The van der Waals surface area contributed by atoms with Crippen LogP contribution in [0.2, 0.25) is 0 Å². The standard InChI is InChI=1S/C12H14N6O3S/c19-12(17-10-3-4-22(20,21)6-10)16-9-1-2-11(14-5-9)18-8-13-7-15-18/h1-2,5,7-8,10H,3-4,6H2,(H2,16,17,19)/t10-/m0/s1. The van der Waals surface area contributed by atoms with E-state index < -0.39 is 15.9 Å². The van der Waals surface area contributed by atoms with E-state index in [-0.39, 0.29) is 17.5 Å². The number of rotatable bonds is 3. The van der Waals surface area contributed by atoms with Crippen molar-refractivity contribution in [1.29, 1.82) is 0 Å². The number of carbonyl (C=O) groups is 1. The first-order chi connectivity index (χ1) is 10.5. The van der Waals surface area contributed by atoms with Gasteiger partial charge in [-0.1, -0.05) is 0 Å². The molecular formula is C12H14N6O3S. The topological polar surface area (TPSA) is 119 Å². The van der Waals surface area contributed by atoms with Gasteiger partial charge in [-0.15, -0.1) is 0 Å². The van der Waals surface area contributed by atoms with Crippen molar-refractivity contribution < 1.29 is 13.2 Å². The van der Waals surface area contributed by atoms with E-state index in [0.29, 0.717) is 17.9 Å². The van der Waals surface area contributed by atoms with Crippen LogP contribution in [-0.2, 0) is 9.84 Å². The SMILES string of the molecule is O=C(Nc1ccc(-n2cncn2)nc1)N[C@H]1CCS(=O)(=O)C1. The van der Waals surface area contributed by atoms with Crippen LogP contribution in [0.5, 0.6) is 0 Å². The third-order valence-electron chi connectivity index (χ3n) is 3.23. The van der Waals surface area contributed by atoms with Gasteiger partial charge in [0.2, 0.25) is 0 Å². The first kappa shape index (κ1) is 14.4. The van der Waals surface area contributed by atoms with E-state index in [1.165, 1.54) is 23.5 Å². The third kappa shape index (κ3) is 3.39. The van der Waals surface area contributed by atoms with Crippen molar-refractivity contribution >= 4 is 21.6 Å². The Bertz CT molecular complexity index is 757. The molecule has 0 aliphatic carbocycles. The predicted octanol–water partition coefficient (Wildman–Crippen LogP) is -0.0291. The van der Waals surface area contributed by atoms with Gasteiger partial charge in [0, 0.05) is 6.04 Å². The van der Waals surface area contributed by atoms with E-state index in [9.17, 15) is 13.2 Å². The summed E-state index contributed by atoms with van der Waals surface area (Å²) in [5.74, 6) is 0.682. The largest absolute Gasteiger partial charge is 0.334 e. The van der Waals surface area contributed by atoms with Gasteiger partial charge >= 0.3 is 6.03 Å². The van der Waals surface area contributed by atoms with Crippen molar-refractivity contribution in [3.05, 3.63) is 31.0 Å². The Morgan fingerprint density at radius 1 is 1.36 bits per heavy atom. The third-order valence-corrected chi connectivity index (χ3v) is 4.99. The van der Waals surface area contributed by atoms with Crippen LogP contribution < -0.4 is 10.6 Å². The van der Waals surface area contributed by atoms with Crippen LogP contribution in [0.3, 0.4) is 0 Å². The van der Waals surface area contributed by atoms with Crippen LogP contribution in [-0.4, -0.2) is 51.7 Å². The monoisotopic (exact) mass is 322 g/mol. The van der Waals surface area contributed by atoms with E-state index in [1.807, 2.05) is 0 Å². The Kier molecular flexibility index (Phi) is 3.75. The average molecular weight is 322 g/mol. The summed E-state index contributed by atoms with van der Waals surface area (Å²) in [6.45, 7) is 0. The Morgan fingerprint density at radius 2 is 2.23 bits per heavy atom. The number of nitrogens with one attached hydrogen (secondary N) is 2. The molecule has 2 aromatic rings. The minimum Gasteiger partial charge on any atom is -0.334 e. The number of urea groups is 1. The minimum absolute atomic E-state index is 0.0100. The lowest BCUT2D eigenvalue weighted by Gasteiger charge is -2.12. The van der Waals surface area contributed by atoms with E-state index in [2.05, 4.69) is 25.7 Å². The summed E-state index contributed by atoms with van der Waals surface area (Å²) < 4.78 is 24.2. The van der Waals surface area contributed by atoms with Crippen molar-refractivity contribution in [3.8, 4) is 5.82 Å². The molecule has 0 saturated carbocycles. The second-order valence-corrected chi connectivity index (χ2v) is 7.17. The molecule has 0 aromatic carbocycles. The molecule has 0 bridgehead atoms. The minimum atomic E-state index is -3.02. The maximum absolute atomic E-state index is 11.8. The summed E-state index contributed by atoms with van der Waals surface area (Å²) in [4.78, 5) is 19.8. The number of hydrogen-bond donors (Lipinski definition) is 2. The van der Waals surface area contributed by atoms with Gasteiger partial charge in [0.15, 0.2) is 15.7 Å². The summed E-state index contributed by atoms with van der Waals surface area (Å²) >= 11 is 0. The van der Waals surface area contributed by atoms with Gasteiger partial charge in [0.1, 0.15) is 12.7 Å². The number of anilines is 1. The maximum Gasteiger partial charge on any atom is 0.319 e. The lowest BCUT2D eigenvalue weighted by molar-refractivity contribution is 0.249. The molecule has 2 N–H and O–H groups in total. The van der Waals surface area contributed by atoms with Crippen molar-refractivity contribution in [2.75, 3.05) is 16.8 Å². The molecule has 1 fully saturated rings. The second-order valence-electron chi connectivity index (χ2n) is 4.94. The lowest BCUT2D eigenvalue weighted by atomic mass is 10.3. The quantitative estimate of drug-likeness (QED) is 0.819. The number of carbonyl (C=O) groups excluding carboxylic acids is 1. The maximum atomic E-state index is 11.8. The van der Waals surface area contributed by atoms with E-state index in [1.54, 1.807) is 12.1 Å². The van der Waals surface area contributed by atoms with Gasteiger partial charge in [0.25, 0.3) is 0 Å². The number of hydrogen-bond acceptors (Lipinski definition) is 6. The Labute approximate surface area is 126 Å². The number of nitrogens with zero attached hydrogens (tertiary/aromatic N) is 4. The van der Waals surface area contributed by atoms with Crippen LogP contribution in [0.1, 0.15) is 6.42 Å². The molecule has 3 heterocycles. The highest BCUT2D eigenvalue weighted by atomic mass is 32.2. The molecule has 1 aliphatic rings. The first-order valence-corrected chi connectivity index (χ1v) is 8.43. The first-order valence-electron chi connectivity index (χ1n) is 6.61. The highest BCUT2D eigenvalue weighted by molar-refractivity contribution is 7.91. The van der Waals surface area contributed by atoms with E-state index in [0.717, 1.165) is 0 Å². The zero-order chi connectivity index (χ0) is 15.6.